The lowest BCUT2D eigenvalue weighted by Crippen LogP contribution is -2.24. The van der Waals surface area contributed by atoms with E-state index in [1.807, 2.05) is 55.5 Å². The molecule has 2 N–H and O–H groups in total. The molecule has 1 aliphatic rings. The van der Waals surface area contributed by atoms with Crippen molar-refractivity contribution in [3.8, 4) is 22.9 Å². The number of hydrogen-bond donors (Lipinski definition) is 1. The van der Waals surface area contributed by atoms with Crippen molar-refractivity contribution in [3.63, 3.8) is 0 Å². The van der Waals surface area contributed by atoms with Crippen LogP contribution >= 0.6 is 0 Å². The van der Waals surface area contributed by atoms with Gasteiger partial charge in [0.05, 0.1) is 0 Å². The second-order valence-corrected chi connectivity index (χ2v) is 6.49. The van der Waals surface area contributed by atoms with Crippen molar-refractivity contribution < 1.29 is 9.26 Å². The Labute approximate surface area is 140 Å². The van der Waals surface area contributed by atoms with Crippen molar-refractivity contribution in [3.05, 3.63) is 60.0 Å². The Morgan fingerprint density at radius 1 is 1.04 bits per heavy atom. The molecule has 4 rings (SSSR count). The van der Waals surface area contributed by atoms with Crippen molar-refractivity contribution in [2.45, 2.75) is 31.7 Å². The molecule has 122 valence electrons. The summed E-state index contributed by atoms with van der Waals surface area (Å²) >= 11 is 0. The van der Waals surface area contributed by atoms with Crippen LogP contribution in [0.5, 0.6) is 11.5 Å². The summed E-state index contributed by atoms with van der Waals surface area (Å²) in [5, 5.41) is 4.04. The lowest BCUT2D eigenvalue weighted by atomic mass is 10.2. The van der Waals surface area contributed by atoms with Gasteiger partial charge in [-0.15, -0.1) is 0 Å². The SMILES string of the molecule is Cc1ccc(Oc2ccc(-c3noc(CC4(N)CC4)n3)cc2)cc1. The molecule has 0 amide bonds. The number of aromatic nitrogens is 2. The molecule has 5 nitrogen and oxygen atoms in total. The standard InChI is InChI=1S/C19H19N3O2/c1-13-2-6-15(7-3-13)23-16-8-4-14(5-9-16)18-21-17(24-22-18)12-19(20)10-11-19/h2-9H,10-12,20H2,1H3. The lowest BCUT2D eigenvalue weighted by Gasteiger charge is -2.06. The van der Waals surface area contributed by atoms with E-state index in [0.717, 1.165) is 29.9 Å². The molecule has 1 aliphatic carbocycles. The molecule has 0 radical (unpaired) electrons. The number of hydrogen-bond acceptors (Lipinski definition) is 5. The van der Waals surface area contributed by atoms with Crippen molar-refractivity contribution in [1.82, 2.24) is 10.1 Å². The van der Waals surface area contributed by atoms with Crippen LogP contribution in [0, 0.1) is 6.92 Å². The number of benzene rings is 2. The Kier molecular flexibility index (Phi) is 3.58. The summed E-state index contributed by atoms with van der Waals surface area (Å²) in [6, 6.07) is 15.6. The van der Waals surface area contributed by atoms with Crippen LogP contribution in [-0.2, 0) is 6.42 Å². The molecular weight excluding hydrogens is 302 g/mol. The predicted molar refractivity (Wildman–Crippen MR) is 90.8 cm³/mol. The predicted octanol–water partition coefficient (Wildman–Crippen LogP) is 3.87. The van der Waals surface area contributed by atoms with E-state index < -0.39 is 0 Å². The zero-order valence-electron chi connectivity index (χ0n) is 13.5. The Morgan fingerprint density at radius 2 is 1.67 bits per heavy atom. The van der Waals surface area contributed by atoms with E-state index in [9.17, 15) is 0 Å². The third-order valence-electron chi connectivity index (χ3n) is 4.23. The third kappa shape index (κ3) is 3.31. The zero-order valence-corrected chi connectivity index (χ0v) is 13.5. The third-order valence-corrected chi connectivity index (χ3v) is 4.23. The Morgan fingerprint density at radius 3 is 2.29 bits per heavy atom. The van der Waals surface area contributed by atoms with Gasteiger partial charge in [0.1, 0.15) is 11.5 Å². The van der Waals surface area contributed by atoms with Gasteiger partial charge in [-0.2, -0.15) is 4.98 Å². The number of nitrogens with zero attached hydrogens (tertiary/aromatic N) is 2. The summed E-state index contributed by atoms with van der Waals surface area (Å²) in [5.74, 6) is 2.76. The summed E-state index contributed by atoms with van der Waals surface area (Å²) in [7, 11) is 0. The van der Waals surface area contributed by atoms with Crippen molar-refractivity contribution in [1.29, 1.82) is 0 Å². The van der Waals surface area contributed by atoms with Gasteiger partial charge in [0.2, 0.25) is 11.7 Å². The fourth-order valence-corrected chi connectivity index (χ4v) is 2.50. The van der Waals surface area contributed by atoms with E-state index in [1.165, 1.54) is 5.56 Å². The molecule has 0 spiro atoms. The van der Waals surface area contributed by atoms with Gasteiger partial charge >= 0.3 is 0 Å². The topological polar surface area (TPSA) is 74.2 Å². The Hall–Kier alpha value is -2.66. The number of aryl methyl sites for hydroxylation is 1. The van der Waals surface area contributed by atoms with Gasteiger partial charge in [0.25, 0.3) is 0 Å². The number of rotatable bonds is 5. The van der Waals surface area contributed by atoms with Crippen LogP contribution < -0.4 is 10.5 Å². The van der Waals surface area contributed by atoms with Crippen LogP contribution in [-0.4, -0.2) is 15.7 Å². The van der Waals surface area contributed by atoms with Crippen molar-refractivity contribution >= 4 is 0 Å². The molecule has 2 aromatic carbocycles. The van der Waals surface area contributed by atoms with Crippen LogP contribution in [0.25, 0.3) is 11.4 Å². The highest BCUT2D eigenvalue weighted by Gasteiger charge is 2.39. The largest absolute Gasteiger partial charge is 0.457 e. The summed E-state index contributed by atoms with van der Waals surface area (Å²) in [4.78, 5) is 4.43. The van der Waals surface area contributed by atoms with Gasteiger partial charge in [-0.05, 0) is 56.2 Å². The minimum Gasteiger partial charge on any atom is -0.457 e. The van der Waals surface area contributed by atoms with Gasteiger partial charge < -0.3 is 15.0 Å². The van der Waals surface area contributed by atoms with E-state index in [2.05, 4.69) is 10.1 Å². The minimum atomic E-state index is -0.129. The molecule has 0 aliphatic heterocycles. The molecule has 0 atom stereocenters. The summed E-state index contributed by atoms with van der Waals surface area (Å²) in [5.41, 5.74) is 8.05. The zero-order chi connectivity index (χ0) is 16.6. The minimum absolute atomic E-state index is 0.129. The van der Waals surface area contributed by atoms with Gasteiger partial charge in [0, 0.05) is 17.5 Å². The van der Waals surface area contributed by atoms with Crippen molar-refractivity contribution in [2.24, 2.45) is 5.73 Å². The molecule has 1 saturated carbocycles. The lowest BCUT2D eigenvalue weighted by molar-refractivity contribution is 0.366. The first kappa shape index (κ1) is 14.9. The number of ether oxygens (including phenoxy) is 1. The quantitative estimate of drug-likeness (QED) is 0.772. The van der Waals surface area contributed by atoms with Crippen LogP contribution in [0.1, 0.15) is 24.3 Å². The summed E-state index contributed by atoms with van der Waals surface area (Å²) in [6.45, 7) is 2.05. The normalized spacial score (nSPS) is 15.2. The monoisotopic (exact) mass is 321 g/mol. The highest BCUT2D eigenvalue weighted by atomic mass is 16.5. The second kappa shape index (κ2) is 5.76. The second-order valence-electron chi connectivity index (χ2n) is 6.49. The van der Waals surface area contributed by atoms with Crippen molar-refractivity contribution in [2.75, 3.05) is 0 Å². The molecule has 5 heteroatoms. The smallest absolute Gasteiger partial charge is 0.228 e. The van der Waals surface area contributed by atoms with E-state index >= 15 is 0 Å². The molecule has 0 unspecified atom stereocenters. The fraction of sp³-hybridized carbons (Fsp3) is 0.263. The highest BCUT2D eigenvalue weighted by Crippen LogP contribution is 2.35. The molecule has 1 aromatic heterocycles. The van der Waals surface area contributed by atoms with Crippen LogP contribution in [0.15, 0.2) is 53.1 Å². The Bertz CT molecular complexity index is 834. The van der Waals surface area contributed by atoms with Gasteiger partial charge in [-0.3, -0.25) is 0 Å². The average Bonchev–Trinajstić information content (AvgIpc) is 3.12. The molecule has 1 heterocycles. The van der Waals surface area contributed by atoms with E-state index in [1.54, 1.807) is 0 Å². The maximum Gasteiger partial charge on any atom is 0.228 e. The first-order valence-electron chi connectivity index (χ1n) is 8.06. The van der Waals surface area contributed by atoms with Crippen LogP contribution in [0.4, 0.5) is 0 Å². The first-order chi connectivity index (χ1) is 11.6. The molecule has 3 aromatic rings. The molecule has 0 bridgehead atoms. The average molecular weight is 321 g/mol. The number of nitrogens with two attached hydrogens (primary N) is 1. The molecule has 0 saturated heterocycles. The molecular formula is C19H19N3O2. The van der Waals surface area contributed by atoms with E-state index in [-0.39, 0.29) is 5.54 Å². The van der Waals surface area contributed by atoms with Crippen LogP contribution in [0.3, 0.4) is 0 Å². The van der Waals surface area contributed by atoms with Gasteiger partial charge in [-0.1, -0.05) is 22.9 Å². The van der Waals surface area contributed by atoms with E-state index in [0.29, 0.717) is 18.1 Å². The highest BCUT2D eigenvalue weighted by molar-refractivity contribution is 5.55. The fourth-order valence-electron chi connectivity index (χ4n) is 2.50. The maximum absolute atomic E-state index is 6.08. The summed E-state index contributed by atoms with van der Waals surface area (Å²) < 4.78 is 11.1. The van der Waals surface area contributed by atoms with E-state index in [4.69, 9.17) is 15.0 Å². The summed E-state index contributed by atoms with van der Waals surface area (Å²) in [6.07, 6.45) is 2.69. The van der Waals surface area contributed by atoms with Gasteiger partial charge in [-0.25, -0.2) is 0 Å². The Balaban J connectivity index is 1.46. The van der Waals surface area contributed by atoms with Crippen LogP contribution in [0.2, 0.25) is 0 Å². The molecule has 1 fully saturated rings. The first-order valence-corrected chi connectivity index (χ1v) is 8.06. The molecule has 24 heavy (non-hydrogen) atoms. The maximum atomic E-state index is 6.08. The van der Waals surface area contributed by atoms with Gasteiger partial charge in [0.15, 0.2) is 0 Å².